The number of hydrogen-bond acceptors (Lipinski definition) is 3. The molecule has 0 unspecified atom stereocenters. The number of aliphatic hydroxyl groups is 1. The van der Waals surface area contributed by atoms with E-state index in [0.29, 0.717) is 17.5 Å². The molecular weight excluding hydrogens is 204 g/mol. The minimum Gasteiger partial charge on any atom is -0.394 e. The first-order valence-corrected chi connectivity index (χ1v) is 5.13. The van der Waals surface area contributed by atoms with Crippen molar-refractivity contribution < 1.29 is 9.90 Å². The Bertz CT molecular complexity index is 388. The number of carbonyl (C=O) groups excluding carboxylic acids is 1. The van der Waals surface area contributed by atoms with Gasteiger partial charge >= 0.3 is 0 Å². The fourth-order valence-electron chi connectivity index (χ4n) is 1.24. The average Bonchev–Trinajstić information content (AvgIpc) is 2.35. The predicted octanol–water partition coefficient (Wildman–Crippen LogP) is 1.06. The quantitative estimate of drug-likeness (QED) is 0.793. The van der Waals surface area contributed by atoms with Crippen LogP contribution in [0.3, 0.4) is 0 Å². The van der Waals surface area contributed by atoms with E-state index in [0.717, 1.165) is 0 Å². The van der Waals surface area contributed by atoms with Gasteiger partial charge in [-0.25, -0.2) is 0 Å². The molecule has 4 heteroatoms. The van der Waals surface area contributed by atoms with Crippen LogP contribution in [0.4, 0.5) is 0 Å². The lowest BCUT2D eigenvalue weighted by Crippen LogP contribution is -2.36. The molecule has 0 aromatic heterocycles. The van der Waals surface area contributed by atoms with Crippen molar-refractivity contribution in [3.05, 3.63) is 35.4 Å². The van der Waals surface area contributed by atoms with Gasteiger partial charge in [-0.1, -0.05) is 6.92 Å². The van der Waals surface area contributed by atoms with Gasteiger partial charge in [0.1, 0.15) is 0 Å². The first kappa shape index (κ1) is 12.2. The molecule has 0 aliphatic heterocycles. The van der Waals surface area contributed by atoms with E-state index >= 15 is 0 Å². The number of aliphatic hydroxyl groups excluding tert-OH is 1. The zero-order valence-corrected chi connectivity index (χ0v) is 9.10. The van der Waals surface area contributed by atoms with E-state index in [-0.39, 0.29) is 18.6 Å². The average molecular weight is 218 g/mol. The highest BCUT2D eigenvalue weighted by atomic mass is 16.3. The molecule has 2 N–H and O–H groups in total. The summed E-state index contributed by atoms with van der Waals surface area (Å²) in [6, 6.07) is 8.14. The summed E-state index contributed by atoms with van der Waals surface area (Å²) in [6.45, 7) is 1.82. The standard InChI is InChI=1S/C12H14N2O2/c1-2-11(8-15)14-12(16)10-5-3-9(7-13)4-6-10/h3-6,11,15H,2,8H2,1H3,(H,14,16)/t11-/m1/s1. The van der Waals surface area contributed by atoms with Crippen molar-refractivity contribution in [3.8, 4) is 6.07 Å². The third-order valence-corrected chi connectivity index (χ3v) is 2.32. The summed E-state index contributed by atoms with van der Waals surface area (Å²) >= 11 is 0. The molecule has 0 spiro atoms. The summed E-state index contributed by atoms with van der Waals surface area (Å²) in [5.41, 5.74) is 1.01. The lowest BCUT2D eigenvalue weighted by atomic mass is 10.1. The van der Waals surface area contributed by atoms with E-state index in [4.69, 9.17) is 10.4 Å². The Labute approximate surface area is 94.5 Å². The molecule has 4 nitrogen and oxygen atoms in total. The molecule has 0 fully saturated rings. The molecule has 0 aliphatic rings. The highest BCUT2D eigenvalue weighted by Gasteiger charge is 2.10. The van der Waals surface area contributed by atoms with Gasteiger partial charge in [0, 0.05) is 5.56 Å². The normalized spacial score (nSPS) is 11.6. The minimum atomic E-state index is -0.231. The van der Waals surface area contributed by atoms with E-state index in [1.54, 1.807) is 24.3 Å². The van der Waals surface area contributed by atoms with Crippen LogP contribution < -0.4 is 5.32 Å². The first-order chi connectivity index (χ1) is 7.71. The molecule has 0 saturated carbocycles. The maximum Gasteiger partial charge on any atom is 0.251 e. The molecular formula is C12H14N2O2. The van der Waals surface area contributed by atoms with Crippen molar-refractivity contribution in [2.45, 2.75) is 19.4 Å². The maximum atomic E-state index is 11.7. The zero-order chi connectivity index (χ0) is 12.0. The van der Waals surface area contributed by atoms with Crippen molar-refractivity contribution >= 4 is 5.91 Å². The highest BCUT2D eigenvalue weighted by molar-refractivity contribution is 5.94. The Balaban J connectivity index is 2.70. The topological polar surface area (TPSA) is 73.1 Å². The Morgan fingerprint density at radius 1 is 1.50 bits per heavy atom. The summed E-state index contributed by atoms with van der Waals surface area (Å²) in [5.74, 6) is -0.231. The smallest absolute Gasteiger partial charge is 0.251 e. The molecule has 84 valence electrons. The van der Waals surface area contributed by atoms with Gasteiger partial charge in [-0.05, 0) is 30.7 Å². The molecule has 0 saturated heterocycles. The van der Waals surface area contributed by atoms with E-state index in [1.165, 1.54) is 0 Å². The zero-order valence-electron chi connectivity index (χ0n) is 9.10. The van der Waals surface area contributed by atoms with Crippen molar-refractivity contribution in [2.24, 2.45) is 0 Å². The van der Waals surface area contributed by atoms with Crippen LogP contribution in [0.15, 0.2) is 24.3 Å². The summed E-state index contributed by atoms with van der Waals surface area (Å²) in [4.78, 5) is 11.7. The van der Waals surface area contributed by atoms with Crippen LogP contribution in [-0.2, 0) is 0 Å². The van der Waals surface area contributed by atoms with Gasteiger partial charge < -0.3 is 10.4 Å². The number of nitrogens with zero attached hydrogens (tertiary/aromatic N) is 1. The molecule has 0 bridgehead atoms. The van der Waals surface area contributed by atoms with Crippen LogP contribution in [0, 0.1) is 11.3 Å². The maximum absolute atomic E-state index is 11.7. The number of nitrogens with one attached hydrogen (secondary N) is 1. The van der Waals surface area contributed by atoms with E-state index < -0.39 is 0 Å². The van der Waals surface area contributed by atoms with Crippen molar-refractivity contribution in [1.82, 2.24) is 5.32 Å². The van der Waals surface area contributed by atoms with Crippen molar-refractivity contribution in [3.63, 3.8) is 0 Å². The van der Waals surface area contributed by atoms with E-state index in [1.807, 2.05) is 13.0 Å². The Kier molecular flexibility index (Phi) is 4.49. The largest absolute Gasteiger partial charge is 0.394 e. The molecule has 1 rings (SSSR count). The van der Waals surface area contributed by atoms with Gasteiger partial charge in [-0.3, -0.25) is 4.79 Å². The Hall–Kier alpha value is -1.86. The SMILES string of the molecule is CC[C@H](CO)NC(=O)c1ccc(C#N)cc1. The monoisotopic (exact) mass is 218 g/mol. The van der Waals surface area contributed by atoms with Crippen LogP contribution in [0.1, 0.15) is 29.3 Å². The minimum absolute atomic E-state index is 0.0709. The van der Waals surface area contributed by atoms with Gasteiger partial charge in [0.15, 0.2) is 0 Å². The number of rotatable bonds is 4. The molecule has 0 aliphatic carbocycles. The third kappa shape index (κ3) is 3.07. The van der Waals surface area contributed by atoms with E-state index in [9.17, 15) is 4.79 Å². The van der Waals surface area contributed by atoms with E-state index in [2.05, 4.69) is 5.32 Å². The number of amides is 1. The van der Waals surface area contributed by atoms with Crippen LogP contribution in [0.25, 0.3) is 0 Å². The van der Waals surface area contributed by atoms with Crippen LogP contribution >= 0.6 is 0 Å². The van der Waals surface area contributed by atoms with Gasteiger partial charge in [0.2, 0.25) is 0 Å². The van der Waals surface area contributed by atoms with Crippen molar-refractivity contribution in [2.75, 3.05) is 6.61 Å². The van der Waals surface area contributed by atoms with Gasteiger partial charge in [-0.2, -0.15) is 5.26 Å². The van der Waals surface area contributed by atoms with Crippen LogP contribution in [-0.4, -0.2) is 23.7 Å². The number of benzene rings is 1. The number of nitriles is 1. The summed E-state index contributed by atoms with van der Waals surface area (Å²) < 4.78 is 0. The number of carbonyl (C=O) groups is 1. The number of hydrogen-bond donors (Lipinski definition) is 2. The summed E-state index contributed by atoms with van der Waals surface area (Å²) in [5, 5.41) is 20.2. The Morgan fingerprint density at radius 2 is 2.12 bits per heavy atom. The second-order valence-electron chi connectivity index (χ2n) is 3.45. The molecule has 1 amide bonds. The lowest BCUT2D eigenvalue weighted by molar-refractivity contribution is 0.0915. The fourth-order valence-corrected chi connectivity index (χ4v) is 1.24. The molecule has 0 heterocycles. The first-order valence-electron chi connectivity index (χ1n) is 5.13. The molecule has 1 aromatic rings. The fraction of sp³-hybridized carbons (Fsp3) is 0.333. The lowest BCUT2D eigenvalue weighted by Gasteiger charge is -2.13. The third-order valence-electron chi connectivity index (χ3n) is 2.32. The predicted molar refractivity (Wildman–Crippen MR) is 59.8 cm³/mol. The van der Waals surface area contributed by atoms with Gasteiger partial charge in [0.05, 0.1) is 24.3 Å². The molecule has 1 aromatic carbocycles. The second kappa shape index (κ2) is 5.89. The molecule has 0 radical (unpaired) electrons. The molecule has 1 atom stereocenters. The van der Waals surface area contributed by atoms with Crippen LogP contribution in [0.5, 0.6) is 0 Å². The second-order valence-corrected chi connectivity index (χ2v) is 3.45. The Morgan fingerprint density at radius 3 is 2.56 bits per heavy atom. The summed E-state index contributed by atoms with van der Waals surface area (Å²) in [7, 11) is 0. The van der Waals surface area contributed by atoms with Crippen molar-refractivity contribution in [1.29, 1.82) is 5.26 Å². The van der Waals surface area contributed by atoms with Gasteiger partial charge in [0.25, 0.3) is 5.91 Å². The van der Waals surface area contributed by atoms with Crippen LogP contribution in [0.2, 0.25) is 0 Å². The van der Waals surface area contributed by atoms with Gasteiger partial charge in [-0.15, -0.1) is 0 Å². The highest BCUT2D eigenvalue weighted by Crippen LogP contribution is 2.04. The summed E-state index contributed by atoms with van der Waals surface area (Å²) in [6.07, 6.45) is 0.679. The molecule has 16 heavy (non-hydrogen) atoms.